The molecule has 6 heteroatoms. The van der Waals surface area contributed by atoms with Gasteiger partial charge in [0.2, 0.25) is 0 Å². The molecule has 0 radical (unpaired) electrons. The quantitative estimate of drug-likeness (QED) is 0.340. The third-order valence-corrected chi connectivity index (χ3v) is 4.38. The van der Waals surface area contributed by atoms with Gasteiger partial charge in [-0.15, -0.1) is 0 Å². The first kappa shape index (κ1) is 18.4. The zero-order chi connectivity index (χ0) is 19.4. The van der Waals surface area contributed by atoms with E-state index >= 15 is 0 Å². The van der Waals surface area contributed by atoms with E-state index in [9.17, 15) is 14.9 Å². The molecule has 0 saturated heterocycles. The zero-order valence-electron chi connectivity index (χ0n) is 15.2. The molecule has 3 rings (SSSR count). The summed E-state index contributed by atoms with van der Waals surface area (Å²) in [7, 11) is 0. The van der Waals surface area contributed by atoms with Crippen LogP contribution in [0.25, 0.3) is 11.1 Å². The number of carbonyl (C=O) groups excluding carboxylic acids is 1. The van der Waals surface area contributed by atoms with Gasteiger partial charge in [-0.2, -0.15) is 0 Å². The molecule has 138 valence electrons. The summed E-state index contributed by atoms with van der Waals surface area (Å²) in [6, 6.07) is 13.9. The number of hydrogen-bond acceptors (Lipinski definition) is 5. The second-order valence-corrected chi connectivity index (χ2v) is 5.90. The van der Waals surface area contributed by atoms with Crippen molar-refractivity contribution in [2.45, 2.75) is 13.8 Å². The predicted molar refractivity (Wildman–Crippen MR) is 105 cm³/mol. The van der Waals surface area contributed by atoms with Crippen LogP contribution in [0.15, 0.2) is 60.8 Å². The van der Waals surface area contributed by atoms with Crippen molar-refractivity contribution < 1.29 is 14.5 Å². The van der Waals surface area contributed by atoms with Crippen LogP contribution < -0.4 is 4.90 Å². The van der Waals surface area contributed by atoms with Gasteiger partial charge in [-0.05, 0) is 32.1 Å². The molecule has 0 unspecified atom stereocenters. The summed E-state index contributed by atoms with van der Waals surface area (Å²) < 4.78 is 5.25. The zero-order valence-corrected chi connectivity index (χ0v) is 15.2. The lowest BCUT2D eigenvalue weighted by atomic mass is 9.90. The molecule has 1 aliphatic rings. The molecule has 27 heavy (non-hydrogen) atoms. The highest BCUT2D eigenvalue weighted by Gasteiger charge is 2.28. The molecule has 1 aliphatic heterocycles. The summed E-state index contributed by atoms with van der Waals surface area (Å²) in [4.78, 5) is 25.9. The Kier molecular flexibility index (Phi) is 5.35. The van der Waals surface area contributed by atoms with Crippen LogP contribution in [0.4, 0.5) is 11.4 Å². The van der Waals surface area contributed by atoms with Crippen LogP contribution in [0.3, 0.4) is 0 Å². The van der Waals surface area contributed by atoms with Crippen LogP contribution >= 0.6 is 0 Å². The van der Waals surface area contributed by atoms with Gasteiger partial charge in [0.1, 0.15) is 0 Å². The number of benzene rings is 2. The molecule has 2 aromatic rings. The van der Waals surface area contributed by atoms with Crippen molar-refractivity contribution in [3.05, 3.63) is 82.0 Å². The summed E-state index contributed by atoms with van der Waals surface area (Å²) in [5.74, 6) is -0.578. The monoisotopic (exact) mass is 364 g/mol. The average molecular weight is 364 g/mol. The molecular formula is C21H20N2O4. The SMILES string of the molecule is CCOC(=O)/C(=C1/C=CN(CC)c2ccccc21)c1ccccc1[N+](=O)[O-]. The smallest absolute Gasteiger partial charge is 0.339 e. The Bertz CT molecular complexity index is 947. The lowest BCUT2D eigenvalue weighted by molar-refractivity contribution is -0.385. The maximum absolute atomic E-state index is 12.8. The van der Waals surface area contributed by atoms with Gasteiger partial charge < -0.3 is 9.64 Å². The summed E-state index contributed by atoms with van der Waals surface area (Å²) in [6.45, 7) is 4.69. The Balaban J connectivity index is 2.33. The van der Waals surface area contributed by atoms with E-state index in [0.29, 0.717) is 5.57 Å². The normalized spacial score (nSPS) is 14.5. The number of hydrogen-bond donors (Lipinski definition) is 0. The largest absolute Gasteiger partial charge is 0.462 e. The number of rotatable bonds is 5. The van der Waals surface area contributed by atoms with E-state index in [4.69, 9.17) is 4.74 Å². The van der Waals surface area contributed by atoms with Crippen LogP contribution in [-0.2, 0) is 9.53 Å². The minimum absolute atomic E-state index is 0.128. The Morgan fingerprint density at radius 3 is 2.52 bits per heavy atom. The van der Waals surface area contributed by atoms with E-state index < -0.39 is 10.9 Å². The first-order valence-corrected chi connectivity index (χ1v) is 8.77. The van der Waals surface area contributed by atoms with E-state index in [-0.39, 0.29) is 23.4 Å². The molecule has 0 aliphatic carbocycles. The molecule has 2 aromatic carbocycles. The number of esters is 1. The highest BCUT2D eigenvalue weighted by atomic mass is 16.6. The van der Waals surface area contributed by atoms with Crippen LogP contribution in [0.2, 0.25) is 0 Å². The molecule has 0 fully saturated rings. The van der Waals surface area contributed by atoms with Crippen molar-refractivity contribution in [2.24, 2.45) is 0 Å². The van der Waals surface area contributed by atoms with Gasteiger partial charge in [0.25, 0.3) is 5.69 Å². The van der Waals surface area contributed by atoms with E-state index in [1.54, 1.807) is 25.1 Å². The molecule has 0 amide bonds. The van der Waals surface area contributed by atoms with Gasteiger partial charge in [-0.25, -0.2) is 4.79 Å². The van der Waals surface area contributed by atoms with Crippen LogP contribution in [-0.4, -0.2) is 24.0 Å². The number of allylic oxidation sites excluding steroid dienone is 2. The fourth-order valence-corrected chi connectivity index (χ4v) is 3.19. The van der Waals surface area contributed by atoms with Gasteiger partial charge >= 0.3 is 5.97 Å². The van der Waals surface area contributed by atoms with Gasteiger partial charge in [0.15, 0.2) is 0 Å². The number of para-hydroxylation sites is 2. The van der Waals surface area contributed by atoms with E-state index in [1.165, 1.54) is 6.07 Å². The number of ether oxygens (including phenoxy) is 1. The Labute approximate surface area is 157 Å². The minimum Gasteiger partial charge on any atom is -0.462 e. The Hall–Kier alpha value is -3.41. The second kappa shape index (κ2) is 7.86. The van der Waals surface area contributed by atoms with Crippen LogP contribution in [0.1, 0.15) is 25.0 Å². The number of nitrogens with zero attached hydrogens (tertiary/aromatic N) is 2. The number of fused-ring (bicyclic) bond motifs is 1. The number of carbonyl (C=O) groups is 1. The highest BCUT2D eigenvalue weighted by Crippen LogP contribution is 2.39. The maximum atomic E-state index is 12.8. The summed E-state index contributed by atoms with van der Waals surface area (Å²) in [5.41, 5.74) is 2.71. The van der Waals surface area contributed by atoms with Crippen molar-refractivity contribution in [1.29, 1.82) is 0 Å². The van der Waals surface area contributed by atoms with Crippen molar-refractivity contribution in [1.82, 2.24) is 0 Å². The first-order chi connectivity index (χ1) is 13.1. The molecule has 1 heterocycles. The van der Waals surface area contributed by atoms with Crippen molar-refractivity contribution in [3.63, 3.8) is 0 Å². The molecule has 0 aromatic heterocycles. The fourth-order valence-electron chi connectivity index (χ4n) is 3.19. The summed E-state index contributed by atoms with van der Waals surface area (Å²) >= 11 is 0. The highest BCUT2D eigenvalue weighted by molar-refractivity contribution is 6.27. The van der Waals surface area contributed by atoms with Crippen molar-refractivity contribution in [3.8, 4) is 0 Å². The third-order valence-electron chi connectivity index (χ3n) is 4.38. The molecule has 6 nitrogen and oxygen atoms in total. The summed E-state index contributed by atoms with van der Waals surface area (Å²) in [6.07, 6.45) is 3.69. The van der Waals surface area contributed by atoms with Gasteiger partial charge in [0, 0.05) is 35.6 Å². The molecule has 0 spiro atoms. The maximum Gasteiger partial charge on any atom is 0.339 e. The predicted octanol–water partition coefficient (Wildman–Crippen LogP) is 4.42. The van der Waals surface area contributed by atoms with Gasteiger partial charge in [-0.1, -0.05) is 30.3 Å². The number of anilines is 1. The lowest BCUT2D eigenvalue weighted by Crippen LogP contribution is -2.20. The van der Waals surface area contributed by atoms with Gasteiger partial charge in [-0.3, -0.25) is 10.1 Å². The first-order valence-electron chi connectivity index (χ1n) is 8.77. The van der Waals surface area contributed by atoms with E-state index in [2.05, 4.69) is 4.90 Å². The minimum atomic E-state index is -0.578. The number of nitro benzene ring substituents is 1. The Morgan fingerprint density at radius 2 is 1.81 bits per heavy atom. The Morgan fingerprint density at radius 1 is 1.11 bits per heavy atom. The molecular weight excluding hydrogens is 344 g/mol. The molecule has 0 atom stereocenters. The van der Waals surface area contributed by atoms with Crippen LogP contribution in [0, 0.1) is 10.1 Å². The van der Waals surface area contributed by atoms with Crippen molar-refractivity contribution in [2.75, 3.05) is 18.1 Å². The number of nitro groups is 1. The van der Waals surface area contributed by atoms with E-state index in [1.807, 2.05) is 43.5 Å². The third kappa shape index (κ3) is 3.46. The van der Waals surface area contributed by atoms with Gasteiger partial charge in [0.05, 0.1) is 22.7 Å². The topological polar surface area (TPSA) is 72.7 Å². The lowest BCUT2D eigenvalue weighted by Gasteiger charge is -2.27. The van der Waals surface area contributed by atoms with Crippen LogP contribution in [0.5, 0.6) is 0 Å². The molecule has 0 bridgehead atoms. The standard InChI is InChI=1S/C21H20N2O4/c1-3-22-14-13-16(15-9-5-7-11-18(15)22)20(21(24)27-4-2)17-10-6-8-12-19(17)23(25)26/h5-14H,3-4H2,1-2H3/b20-16-. The van der Waals surface area contributed by atoms with E-state index in [0.717, 1.165) is 17.8 Å². The second-order valence-electron chi connectivity index (χ2n) is 5.90. The molecule has 0 saturated carbocycles. The summed E-state index contributed by atoms with van der Waals surface area (Å²) in [5, 5.41) is 11.5. The fraction of sp³-hybridized carbons (Fsp3) is 0.190. The van der Waals surface area contributed by atoms with Crippen molar-refractivity contribution >= 4 is 28.5 Å². The molecule has 0 N–H and O–H groups in total. The average Bonchev–Trinajstić information content (AvgIpc) is 2.69.